The van der Waals surface area contributed by atoms with Crippen molar-refractivity contribution in [2.75, 3.05) is 11.8 Å². The summed E-state index contributed by atoms with van der Waals surface area (Å²) in [6.07, 6.45) is 3.14. The molecule has 30 heavy (non-hydrogen) atoms. The Morgan fingerprint density at radius 2 is 1.87 bits per heavy atom. The van der Waals surface area contributed by atoms with Gasteiger partial charge in [-0.3, -0.25) is 14.1 Å². The number of hydrogen-bond donors (Lipinski definition) is 1. The highest BCUT2D eigenvalue weighted by Gasteiger charge is 2.14. The third kappa shape index (κ3) is 3.86. The third-order valence-corrected chi connectivity index (χ3v) is 6.44. The maximum atomic E-state index is 12.8. The van der Waals surface area contributed by atoms with E-state index in [-0.39, 0.29) is 11.5 Å². The lowest BCUT2D eigenvalue weighted by Gasteiger charge is -2.16. The number of hydrogen-bond acceptors (Lipinski definition) is 5. The molecule has 152 valence electrons. The number of anilines is 1. The van der Waals surface area contributed by atoms with Crippen LogP contribution in [0.5, 0.6) is 5.75 Å². The maximum absolute atomic E-state index is 12.8. The molecule has 7 nitrogen and oxygen atoms in total. The summed E-state index contributed by atoms with van der Waals surface area (Å²) in [6, 6.07) is 13.9. The monoisotopic (exact) mass is 484 g/mol. The molecule has 2 aromatic heterocycles. The van der Waals surface area contributed by atoms with Crippen LogP contribution in [0.1, 0.15) is 5.56 Å². The van der Waals surface area contributed by atoms with Gasteiger partial charge in [0, 0.05) is 28.3 Å². The van der Waals surface area contributed by atoms with Crippen molar-refractivity contribution >= 4 is 43.8 Å². The Morgan fingerprint density at radius 3 is 2.60 bits per heavy atom. The van der Waals surface area contributed by atoms with Crippen LogP contribution in [0, 0.1) is 6.92 Å². The number of nitrogens with zero attached hydrogens (tertiary/aromatic N) is 3. The molecule has 0 aliphatic rings. The molecule has 0 aliphatic carbocycles. The molecule has 0 saturated heterocycles. The predicted octanol–water partition coefficient (Wildman–Crippen LogP) is 3.99. The van der Waals surface area contributed by atoms with E-state index in [2.05, 4.69) is 30.6 Å². The number of methoxy groups -OCH3 is 1. The Labute approximate surface area is 183 Å². The zero-order valence-corrected chi connectivity index (χ0v) is 18.5. The minimum Gasteiger partial charge on any atom is -0.495 e. The van der Waals surface area contributed by atoms with Gasteiger partial charge in [0.05, 0.1) is 23.2 Å². The van der Waals surface area contributed by atoms with Crippen molar-refractivity contribution in [2.24, 2.45) is 0 Å². The van der Waals surface area contributed by atoms with Gasteiger partial charge in [-0.2, -0.15) is 0 Å². The molecule has 2 aromatic carbocycles. The second kappa shape index (κ2) is 8.37. The second-order valence-electron chi connectivity index (χ2n) is 6.44. The molecule has 2 heterocycles. The van der Waals surface area contributed by atoms with Gasteiger partial charge in [-0.1, -0.05) is 15.9 Å². The van der Waals surface area contributed by atoms with E-state index in [0.29, 0.717) is 21.8 Å². The lowest BCUT2D eigenvalue weighted by Crippen LogP contribution is -2.18. The molecule has 4 rings (SSSR count). The Bertz CT molecular complexity index is 1330. The molecule has 0 spiro atoms. The maximum Gasteiger partial charge on any atom is 0.255 e. The van der Waals surface area contributed by atoms with Gasteiger partial charge >= 0.3 is 0 Å². The minimum absolute atomic E-state index is 0.188. The SMILES string of the molecule is COc1cc(Br)c(C)cc1-n1c(=O)ccc2cc(S(=O)Nc3ncccn3)ccc21. The molecule has 0 radical (unpaired) electrons. The summed E-state index contributed by atoms with van der Waals surface area (Å²) < 4.78 is 23.4. The van der Waals surface area contributed by atoms with Crippen LogP contribution in [-0.4, -0.2) is 25.9 Å². The van der Waals surface area contributed by atoms with Gasteiger partial charge in [-0.05, 0) is 55.0 Å². The van der Waals surface area contributed by atoms with Gasteiger partial charge in [0.25, 0.3) is 5.56 Å². The van der Waals surface area contributed by atoms with Crippen molar-refractivity contribution in [3.63, 3.8) is 0 Å². The first kappa shape index (κ1) is 20.2. The lowest BCUT2D eigenvalue weighted by molar-refractivity contribution is 0.412. The summed E-state index contributed by atoms with van der Waals surface area (Å²) >= 11 is 3.50. The number of benzene rings is 2. The number of pyridine rings is 1. The van der Waals surface area contributed by atoms with E-state index in [9.17, 15) is 9.00 Å². The van der Waals surface area contributed by atoms with Gasteiger partial charge < -0.3 is 4.74 Å². The van der Waals surface area contributed by atoms with Crippen LogP contribution in [-0.2, 0) is 11.0 Å². The Morgan fingerprint density at radius 1 is 1.10 bits per heavy atom. The number of nitrogens with one attached hydrogen (secondary N) is 1. The van der Waals surface area contributed by atoms with Gasteiger partial charge in [0.1, 0.15) is 5.75 Å². The number of ether oxygens (including phenoxy) is 1. The van der Waals surface area contributed by atoms with E-state index in [1.165, 1.54) is 6.07 Å². The van der Waals surface area contributed by atoms with E-state index in [1.54, 1.807) is 54.4 Å². The Kier molecular flexibility index (Phi) is 5.65. The summed E-state index contributed by atoms with van der Waals surface area (Å²) in [7, 11) is 0.0119. The normalized spacial score (nSPS) is 12.0. The van der Waals surface area contributed by atoms with E-state index in [4.69, 9.17) is 4.74 Å². The first-order valence-electron chi connectivity index (χ1n) is 8.93. The smallest absolute Gasteiger partial charge is 0.255 e. The summed E-state index contributed by atoms with van der Waals surface area (Å²) in [5, 5.41) is 0.763. The zero-order chi connectivity index (χ0) is 21.3. The lowest BCUT2D eigenvalue weighted by atomic mass is 10.1. The number of halogens is 1. The molecule has 9 heteroatoms. The average molecular weight is 485 g/mol. The molecule has 4 aromatic rings. The van der Waals surface area contributed by atoms with Gasteiger partial charge in [0.2, 0.25) is 5.95 Å². The van der Waals surface area contributed by atoms with Gasteiger partial charge in [-0.25, -0.2) is 14.2 Å². The fraction of sp³-hybridized carbons (Fsp3) is 0.0952. The number of aryl methyl sites for hydroxylation is 1. The van der Waals surface area contributed by atoms with E-state index >= 15 is 0 Å². The molecule has 1 N–H and O–H groups in total. The van der Waals surface area contributed by atoms with Crippen LogP contribution < -0.4 is 15.0 Å². The molecule has 0 amide bonds. The van der Waals surface area contributed by atoms with Crippen LogP contribution in [0.25, 0.3) is 16.6 Å². The van der Waals surface area contributed by atoms with Crippen LogP contribution in [0.4, 0.5) is 5.95 Å². The zero-order valence-electron chi connectivity index (χ0n) is 16.1. The van der Waals surface area contributed by atoms with Crippen molar-refractivity contribution < 1.29 is 8.95 Å². The quantitative estimate of drug-likeness (QED) is 0.462. The van der Waals surface area contributed by atoms with E-state index in [1.807, 2.05) is 19.1 Å². The van der Waals surface area contributed by atoms with E-state index in [0.717, 1.165) is 15.4 Å². The Balaban J connectivity index is 1.82. The predicted molar refractivity (Wildman–Crippen MR) is 121 cm³/mol. The molecular weight excluding hydrogens is 468 g/mol. The van der Waals surface area contributed by atoms with Crippen molar-refractivity contribution in [3.05, 3.63) is 81.3 Å². The topological polar surface area (TPSA) is 86.1 Å². The summed E-state index contributed by atoms with van der Waals surface area (Å²) in [6.45, 7) is 1.95. The highest BCUT2D eigenvalue weighted by atomic mass is 79.9. The van der Waals surface area contributed by atoms with Crippen LogP contribution >= 0.6 is 15.9 Å². The fourth-order valence-electron chi connectivity index (χ4n) is 3.07. The summed E-state index contributed by atoms with van der Waals surface area (Å²) in [5.74, 6) is 0.841. The van der Waals surface area contributed by atoms with Crippen molar-refractivity contribution in [2.45, 2.75) is 11.8 Å². The minimum atomic E-state index is -1.55. The molecule has 0 fully saturated rings. The number of aromatic nitrogens is 3. The summed E-state index contributed by atoms with van der Waals surface area (Å²) in [4.78, 5) is 21.4. The molecule has 0 saturated carbocycles. The molecule has 0 aliphatic heterocycles. The van der Waals surface area contributed by atoms with Crippen molar-refractivity contribution in [1.29, 1.82) is 0 Å². The van der Waals surface area contributed by atoms with E-state index < -0.39 is 11.0 Å². The first-order valence-corrected chi connectivity index (χ1v) is 10.9. The molecule has 0 bridgehead atoms. The average Bonchev–Trinajstić information content (AvgIpc) is 2.76. The van der Waals surface area contributed by atoms with Gasteiger partial charge in [-0.15, -0.1) is 0 Å². The third-order valence-electron chi connectivity index (χ3n) is 4.53. The van der Waals surface area contributed by atoms with Gasteiger partial charge in [0.15, 0.2) is 11.0 Å². The number of fused-ring (bicyclic) bond motifs is 1. The molecule has 1 atom stereocenters. The second-order valence-corrected chi connectivity index (χ2v) is 8.51. The molecule has 1 unspecified atom stereocenters. The highest BCUT2D eigenvalue weighted by Crippen LogP contribution is 2.31. The number of rotatable bonds is 5. The first-order chi connectivity index (χ1) is 14.5. The van der Waals surface area contributed by atoms with Crippen LogP contribution in [0.2, 0.25) is 0 Å². The summed E-state index contributed by atoms with van der Waals surface area (Å²) in [5.41, 5.74) is 2.10. The Hall–Kier alpha value is -3.04. The van der Waals surface area contributed by atoms with Crippen LogP contribution in [0.15, 0.2) is 75.1 Å². The van der Waals surface area contributed by atoms with Crippen molar-refractivity contribution in [3.8, 4) is 11.4 Å². The standard InChI is InChI=1S/C21H17BrN4O3S/c1-13-10-18(19(29-2)12-16(13)22)26-17-6-5-15(11-14(17)4-7-20(26)27)30(28)25-21-23-8-3-9-24-21/h3-12H,1-2H3,(H,23,24,25). The largest absolute Gasteiger partial charge is 0.495 e. The molecular formula is C21H17BrN4O3S. The fourth-order valence-corrected chi connectivity index (χ4v) is 4.20. The highest BCUT2D eigenvalue weighted by molar-refractivity contribution is 9.10. The van der Waals surface area contributed by atoms with Crippen molar-refractivity contribution in [1.82, 2.24) is 14.5 Å². The van der Waals surface area contributed by atoms with Crippen LogP contribution in [0.3, 0.4) is 0 Å².